The molecule has 5 nitrogen and oxygen atoms in total. The molecule has 0 aliphatic rings. The SMILES string of the molecule is Cc1c(Cl)cccc1NC(=O)Nc1ccc(CCc2nc3ccccc3n2C)cc1. The third kappa shape index (κ3) is 4.31. The van der Waals surface area contributed by atoms with E-state index in [0.717, 1.165) is 41.0 Å². The van der Waals surface area contributed by atoms with Gasteiger partial charge in [0.1, 0.15) is 5.82 Å². The van der Waals surface area contributed by atoms with Gasteiger partial charge in [0.25, 0.3) is 0 Å². The maximum Gasteiger partial charge on any atom is 0.323 e. The molecule has 0 saturated heterocycles. The van der Waals surface area contributed by atoms with E-state index in [4.69, 9.17) is 16.6 Å². The van der Waals surface area contributed by atoms with Crippen LogP contribution in [0.5, 0.6) is 0 Å². The van der Waals surface area contributed by atoms with Crippen LogP contribution in [0.4, 0.5) is 16.2 Å². The highest BCUT2D eigenvalue weighted by Crippen LogP contribution is 2.23. The van der Waals surface area contributed by atoms with Crippen molar-refractivity contribution in [3.05, 3.63) is 88.7 Å². The number of aromatic nitrogens is 2. The molecular formula is C24H23ClN4O. The van der Waals surface area contributed by atoms with Crippen molar-refractivity contribution in [3.8, 4) is 0 Å². The lowest BCUT2D eigenvalue weighted by Crippen LogP contribution is -2.20. The van der Waals surface area contributed by atoms with Crippen LogP contribution < -0.4 is 10.6 Å². The zero-order valence-electron chi connectivity index (χ0n) is 16.9. The van der Waals surface area contributed by atoms with Gasteiger partial charge in [0.05, 0.1) is 11.0 Å². The molecule has 30 heavy (non-hydrogen) atoms. The highest BCUT2D eigenvalue weighted by Gasteiger charge is 2.09. The van der Waals surface area contributed by atoms with Crippen LogP contribution in [0.2, 0.25) is 5.02 Å². The molecule has 4 rings (SSSR count). The van der Waals surface area contributed by atoms with Crippen molar-refractivity contribution in [2.75, 3.05) is 10.6 Å². The molecule has 4 aromatic rings. The van der Waals surface area contributed by atoms with Crippen LogP contribution >= 0.6 is 11.6 Å². The highest BCUT2D eigenvalue weighted by molar-refractivity contribution is 6.31. The summed E-state index contributed by atoms with van der Waals surface area (Å²) >= 11 is 6.10. The molecule has 0 fully saturated rings. The Hall–Kier alpha value is -3.31. The van der Waals surface area contributed by atoms with Crippen molar-refractivity contribution in [2.24, 2.45) is 7.05 Å². The van der Waals surface area contributed by atoms with E-state index in [1.165, 1.54) is 5.56 Å². The van der Waals surface area contributed by atoms with Crippen molar-refractivity contribution < 1.29 is 4.79 Å². The molecule has 0 bridgehead atoms. The summed E-state index contributed by atoms with van der Waals surface area (Å²) in [5.41, 5.74) is 5.63. The minimum absolute atomic E-state index is 0.298. The van der Waals surface area contributed by atoms with Gasteiger partial charge in [0.15, 0.2) is 0 Å². The van der Waals surface area contributed by atoms with Gasteiger partial charge in [0, 0.05) is 29.9 Å². The highest BCUT2D eigenvalue weighted by atomic mass is 35.5. The molecule has 152 valence electrons. The average molecular weight is 419 g/mol. The number of halogens is 1. The van der Waals surface area contributed by atoms with E-state index < -0.39 is 0 Å². The monoisotopic (exact) mass is 418 g/mol. The van der Waals surface area contributed by atoms with Crippen LogP contribution in [0.1, 0.15) is 17.0 Å². The Labute approximate surface area is 180 Å². The smallest absolute Gasteiger partial charge is 0.323 e. The van der Waals surface area contributed by atoms with Crippen molar-refractivity contribution >= 4 is 40.0 Å². The predicted molar refractivity (Wildman–Crippen MR) is 123 cm³/mol. The van der Waals surface area contributed by atoms with Crippen molar-refractivity contribution in [1.82, 2.24) is 9.55 Å². The summed E-state index contributed by atoms with van der Waals surface area (Å²) in [4.78, 5) is 17.0. The van der Waals surface area contributed by atoms with Crippen LogP contribution in [-0.2, 0) is 19.9 Å². The summed E-state index contributed by atoms with van der Waals surface area (Å²) in [7, 11) is 2.05. The van der Waals surface area contributed by atoms with Gasteiger partial charge < -0.3 is 15.2 Å². The quantitative estimate of drug-likeness (QED) is 0.419. The Morgan fingerprint density at radius 3 is 2.50 bits per heavy atom. The first-order valence-electron chi connectivity index (χ1n) is 9.83. The van der Waals surface area contributed by atoms with Gasteiger partial charge in [-0.1, -0.05) is 41.9 Å². The zero-order chi connectivity index (χ0) is 21.1. The van der Waals surface area contributed by atoms with Crippen LogP contribution in [0.25, 0.3) is 11.0 Å². The van der Waals surface area contributed by atoms with E-state index in [-0.39, 0.29) is 6.03 Å². The number of rotatable bonds is 5. The summed E-state index contributed by atoms with van der Waals surface area (Å²) in [6.45, 7) is 1.87. The number of benzene rings is 3. The Morgan fingerprint density at radius 2 is 1.73 bits per heavy atom. The molecular weight excluding hydrogens is 396 g/mol. The van der Waals surface area contributed by atoms with Crippen LogP contribution in [0.3, 0.4) is 0 Å². The van der Waals surface area contributed by atoms with Crippen molar-refractivity contribution in [2.45, 2.75) is 19.8 Å². The van der Waals surface area contributed by atoms with Gasteiger partial charge in [-0.15, -0.1) is 0 Å². The molecule has 0 aliphatic heterocycles. The third-order valence-corrected chi connectivity index (χ3v) is 5.65. The number of urea groups is 1. The van der Waals surface area contributed by atoms with Gasteiger partial charge in [-0.25, -0.2) is 9.78 Å². The fourth-order valence-corrected chi connectivity index (χ4v) is 3.63. The number of fused-ring (bicyclic) bond motifs is 1. The molecule has 2 N–H and O–H groups in total. The number of nitrogens with zero attached hydrogens (tertiary/aromatic N) is 2. The second-order valence-corrected chi connectivity index (χ2v) is 7.67. The molecule has 0 saturated carbocycles. The minimum atomic E-state index is -0.298. The number of imidazole rings is 1. The first-order chi connectivity index (χ1) is 14.5. The molecule has 0 unspecified atom stereocenters. The number of carbonyl (C=O) groups excluding carboxylic acids is 1. The van der Waals surface area contributed by atoms with Crippen LogP contribution in [-0.4, -0.2) is 15.6 Å². The Morgan fingerprint density at radius 1 is 0.967 bits per heavy atom. The summed E-state index contributed by atoms with van der Waals surface area (Å²) in [6, 6.07) is 21.2. The summed E-state index contributed by atoms with van der Waals surface area (Å²) < 4.78 is 2.15. The van der Waals surface area contributed by atoms with Gasteiger partial charge >= 0.3 is 6.03 Å². The van der Waals surface area contributed by atoms with E-state index in [0.29, 0.717) is 10.7 Å². The molecule has 0 spiro atoms. The normalized spacial score (nSPS) is 10.9. The number of aryl methyl sites for hydroxylation is 3. The van der Waals surface area contributed by atoms with Gasteiger partial charge in [-0.05, 0) is 60.9 Å². The summed E-state index contributed by atoms with van der Waals surface area (Å²) in [6.07, 6.45) is 1.73. The van der Waals surface area contributed by atoms with Crippen molar-refractivity contribution in [1.29, 1.82) is 0 Å². The maximum absolute atomic E-state index is 12.3. The summed E-state index contributed by atoms with van der Waals surface area (Å²) in [5.74, 6) is 1.06. The molecule has 0 atom stereocenters. The fraction of sp³-hybridized carbons (Fsp3) is 0.167. The van der Waals surface area contributed by atoms with E-state index in [1.54, 1.807) is 6.07 Å². The molecule has 1 heterocycles. The molecule has 2 amide bonds. The van der Waals surface area contributed by atoms with Gasteiger partial charge in [-0.2, -0.15) is 0 Å². The number of carbonyl (C=O) groups is 1. The Kier molecular flexibility index (Phi) is 5.72. The lowest BCUT2D eigenvalue weighted by atomic mass is 10.1. The first-order valence-corrected chi connectivity index (χ1v) is 10.2. The van der Waals surface area contributed by atoms with E-state index in [2.05, 4.69) is 28.3 Å². The van der Waals surface area contributed by atoms with E-state index >= 15 is 0 Å². The molecule has 3 aromatic carbocycles. The van der Waals surface area contributed by atoms with Crippen LogP contribution in [0.15, 0.2) is 66.7 Å². The number of hydrogen-bond acceptors (Lipinski definition) is 2. The number of hydrogen-bond donors (Lipinski definition) is 2. The number of para-hydroxylation sites is 2. The fourth-order valence-electron chi connectivity index (χ4n) is 3.46. The maximum atomic E-state index is 12.3. The van der Waals surface area contributed by atoms with Gasteiger partial charge in [0.2, 0.25) is 0 Å². The second kappa shape index (κ2) is 8.59. The topological polar surface area (TPSA) is 59.0 Å². The third-order valence-electron chi connectivity index (χ3n) is 5.24. The Balaban J connectivity index is 1.36. The second-order valence-electron chi connectivity index (χ2n) is 7.26. The molecule has 0 aliphatic carbocycles. The average Bonchev–Trinajstić information content (AvgIpc) is 3.07. The first kappa shape index (κ1) is 20.0. The number of amides is 2. The number of anilines is 2. The molecule has 0 radical (unpaired) electrons. The predicted octanol–water partition coefficient (Wildman–Crippen LogP) is 5.96. The van der Waals surface area contributed by atoms with E-state index in [1.807, 2.05) is 61.5 Å². The molecule has 6 heteroatoms. The largest absolute Gasteiger partial charge is 0.331 e. The van der Waals surface area contributed by atoms with Crippen LogP contribution in [0, 0.1) is 6.92 Å². The lowest BCUT2D eigenvalue weighted by Gasteiger charge is -2.11. The lowest BCUT2D eigenvalue weighted by molar-refractivity contribution is 0.262. The standard InChI is InChI=1S/C24H23ClN4O/c1-16-19(25)6-5-8-20(16)28-24(30)26-18-13-10-17(11-14-18)12-15-23-27-21-7-3-4-9-22(21)29(23)2/h3-11,13-14H,12,15H2,1-2H3,(H2,26,28,30). The van der Waals surface area contributed by atoms with Crippen molar-refractivity contribution in [3.63, 3.8) is 0 Å². The zero-order valence-corrected chi connectivity index (χ0v) is 17.7. The molecule has 1 aromatic heterocycles. The van der Waals surface area contributed by atoms with E-state index in [9.17, 15) is 4.79 Å². The number of nitrogens with one attached hydrogen (secondary N) is 2. The summed E-state index contributed by atoms with van der Waals surface area (Å²) in [5, 5.41) is 6.31. The minimum Gasteiger partial charge on any atom is -0.331 e. The van der Waals surface area contributed by atoms with Gasteiger partial charge in [-0.3, -0.25) is 0 Å². The Bertz CT molecular complexity index is 1200.